The zero-order valence-electron chi connectivity index (χ0n) is 8.28. The Morgan fingerprint density at radius 2 is 2.36 bits per heavy atom. The summed E-state index contributed by atoms with van der Waals surface area (Å²) in [6, 6.07) is 0. The first-order valence-corrected chi connectivity index (χ1v) is 5.24. The number of carbonyl (C=O) groups is 1. The summed E-state index contributed by atoms with van der Waals surface area (Å²) in [6.07, 6.45) is 0. The second-order valence-corrected chi connectivity index (χ2v) is 3.94. The van der Waals surface area contributed by atoms with E-state index in [1.807, 2.05) is 13.8 Å². The lowest BCUT2D eigenvalue weighted by molar-refractivity contribution is 0.0957. The standard InChI is InChI=1S/C8H14N4OS/c1-5(2)6-7(14-12-11-6)8(13)10-4-3-9/h5H,3-4,9H2,1-2H3,(H,10,13). The highest BCUT2D eigenvalue weighted by atomic mass is 32.1. The van der Waals surface area contributed by atoms with E-state index in [9.17, 15) is 4.79 Å². The third-order valence-electron chi connectivity index (χ3n) is 1.70. The number of aromatic nitrogens is 2. The van der Waals surface area contributed by atoms with E-state index in [-0.39, 0.29) is 11.8 Å². The average molecular weight is 214 g/mol. The largest absolute Gasteiger partial charge is 0.350 e. The highest BCUT2D eigenvalue weighted by Crippen LogP contribution is 2.19. The fourth-order valence-electron chi connectivity index (χ4n) is 0.999. The zero-order chi connectivity index (χ0) is 10.6. The monoisotopic (exact) mass is 214 g/mol. The van der Waals surface area contributed by atoms with Gasteiger partial charge in [0.25, 0.3) is 5.91 Å². The third-order valence-corrected chi connectivity index (χ3v) is 2.44. The number of hydrogen-bond acceptors (Lipinski definition) is 5. The normalized spacial score (nSPS) is 10.6. The maximum atomic E-state index is 11.6. The molecule has 0 aliphatic heterocycles. The van der Waals surface area contributed by atoms with Crippen molar-refractivity contribution in [3.63, 3.8) is 0 Å². The van der Waals surface area contributed by atoms with E-state index < -0.39 is 0 Å². The fraction of sp³-hybridized carbons (Fsp3) is 0.625. The molecule has 0 bridgehead atoms. The molecular formula is C8H14N4OS. The Kier molecular flexibility index (Phi) is 3.97. The summed E-state index contributed by atoms with van der Waals surface area (Å²) >= 11 is 1.12. The molecular weight excluding hydrogens is 200 g/mol. The van der Waals surface area contributed by atoms with Crippen LogP contribution in [0.2, 0.25) is 0 Å². The van der Waals surface area contributed by atoms with Crippen molar-refractivity contribution in [2.24, 2.45) is 5.73 Å². The highest BCUT2D eigenvalue weighted by molar-refractivity contribution is 7.08. The molecule has 6 heteroatoms. The van der Waals surface area contributed by atoms with E-state index in [2.05, 4.69) is 14.9 Å². The Labute approximate surface area is 86.9 Å². The molecule has 3 N–H and O–H groups in total. The van der Waals surface area contributed by atoms with Crippen LogP contribution in [-0.2, 0) is 0 Å². The molecule has 0 aliphatic rings. The van der Waals surface area contributed by atoms with Gasteiger partial charge in [-0.1, -0.05) is 18.3 Å². The quantitative estimate of drug-likeness (QED) is 0.757. The molecule has 78 valence electrons. The van der Waals surface area contributed by atoms with Crippen molar-refractivity contribution >= 4 is 17.4 Å². The molecule has 0 fully saturated rings. The van der Waals surface area contributed by atoms with Gasteiger partial charge in [0, 0.05) is 13.1 Å². The van der Waals surface area contributed by atoms with Gasteiger partial charge in [-0.3, -0.25) is 4.79 Å². The topological polar surface area (TPSA) is 80.9 Å². The summed E-state index contributed by atoms with van der Waals surface area (Å²) in [5.41, 5.74) is 6.04. The molecule has 1 rings (SSSR count). The smallest absolute Gasteiger partial charge is 0.265 e. The van der Waals surface area contributed by atoms with Crippen LogP contribution in [0.15, 0.2) is 0 Å². The molecule has 1 amide bonds. The van der Waals surface area contributed by atoms with Gasteiger partial charge < -0.3 is 11.1 Å². The minimum atomic E-state index is -0.130. The van der Waals surface area contributed by atoms with Gasteiger partial charge in [-0.25, -0.2) is 0 Å². The summed E-state index contributed by atoms with van der Waals surface area (Å²) in [6.45, 7) is 4.89. The lowest BCUT2D eigenvalue weighted by Crippen LogP contribution is -2.29. The Hall–Kier alpha value is -1.01. The van der Waals surface area contributed by atoms with Crippen LogP contribution in [0.1, 0.15) is 35.1 Å². The molecule has 0 atom stereocenters. The summed E-state index contributed by atoms with van der Waals surface area (Å²) in [5.74, 6) is 0.0847. The molecule has 0 saturated carbocycles. The maximum Gasteiger partial charge on any atom is 0.265 e. The van der Waals surface area contributed by atoms with Crippen molar-refractivity contribution in [3.8, 4) is 0 Å². The summed E-state index contributed by atoms with van der Waals surface area (Å²) < 4.78 is 3.77. The van der Waals surface area contributed by atoms with Gasteiger partial charge in [0.2, 0.25) is 0 Å². The van der Waals surface area contributed by atoms with Gasteiger partial charge in [0.1, 0.15) is 4.88 Å². The number of nitrogens with one attached hydrogen (secondary N) is 1. The van der Waals surface area contributed by atoms with Gasteiger partial charge in [-0.2, -0.15) is 0 Å². The number of hydrogen-bond donors (Lipinski definition) is 2. The molecule has 14 heavy (non-hydrogen) atoms. The molecule has 0 saturated heterocycles. The molecule has 1 heterocycles. The van der Waals surface area contributed by atoms with Gasteiger partial charge in [-0.15, -0.1) is 5.10 Å². The van der Waals surface area contributed by atoms with Gasteiger partial charge >= 0.3 is 0 Å². The van der Waals surface area contributed by atoms with Crippen LogP contribution >= 0.6 is 11.5 Å². The predicted molar refractivity (Wildman–Crippen MR) is 55.4 cm³/mol. The second kappa shape index (κ2) is 5.02. The third kappa shape index (κ3) is 2.49. The van der Waals surface area contributed by atoms with Crippen LogP contribution in [0.3, 0.4) is 0 Å². The lowest BCUT2D eigenvalue weighted by atomic mass is 10.1. The molecule has 0 spiro atoms. The van der Waals surface area contributed by atoms with Crippen LogP contribution in [0.4, 0.5) is 0 Å². The highest BCUT2D eigenvalue weighted by Gasteiger charge is 2.17. The Bertz CT molecular complexity index is 310. The summed E-state index contributed by atoms with van der Waals surface area (Å²) in [4.78, 5) is 12.1. The predicted octanol–water partition coefficient (Wildman–Crippen LogP) is 0.350. The van der Waals surface area contributed by atoms with Crippen LogP contribution < -0.4 is 11.1 Å². The molecule has 1 aromatic rings. The number of carbonyl (C=O) groups excluding carboxylic acids is 1. The average Bonchev–Trinajstić information content (AvgIpc) is 2.62. The second-order valence-electron chi connectivity index (χ2n) is 3.19. The summed E-state index contributed by atoms with van der Waals surface area (Å²) in [7, 11) is 0. The van der Waals surface area contributed by atoms with Gasteiger partial charge in [-0.05, 0) is 17.5 Å². The molecule has 0 radical (unpaired) electrons. The zero-order valence-corrected chi connectivity index (χ0v) is 9.10. The van der Waals surface area contributed by atoms with Crippen molar-refractivity contribution in [3.05, 3.63) is 10.6 Å². The van der Waals surface area contributed by atoms with Gasteiger partial charge in [0.15, 0.2) is 0 Å². The first kappa shape index (κ1) is 11.1. The van der Waals surface area contributed by atoms with Crippen LogP contribution in [0.25, 0.3) is 0 Å². The van der Waals surface area contributed by atoms with E-state index in [0.29, 0.717) is 18.0 Å². The number of nitrogens with two attached hydrogens (primary N) is 1. The van der Waals surface area contributed by atoms with E-state index in [0.717, 1.165) is 17.2 Å². The Morgan fingerprint density at radius 1 is 1.64 bits per heavy atom. The molecule has 0 aliphatic carbocycles. The van der Waals surface area contributed by atoms with Crippen molar-refractivity contribution in [1.82, 2.24) is 14.9 Å². The van der Waals surface area contributed by atoms with Crippen LogP contribution in [0, 0.1) is 0 Å². The summed E-state index contributed by atoms with van der Waals surface area (Å²) in [5, 5.41) is 6.62. The fourth-order valence-corrected chi connectivity index (χ4v) is 1.73. The van der Waals surface area contributed by atoms with Crippen LogP contribution in [-0.4, -0.2) is 28.6 Å². The molecule has 0 unspecified atom stereocenters. The molecule has 0 aromatic carbocycles. The molecule has 5 nitrogen and oxygen atoms in total. The van der Waals surface area contributed by atoms with Crippen LogP contribution in [0.5, 0.6) is 0 Å². The number of amides is 1. The van der Waals surface area contributed by atoms with Crippen molar-refractivity contribution in [2.45, 2.75) is 19.8 Å². The Morgan fingerprint density at radius 3 is 2.93 bits per heavy atom. The minimum Gasteiger partial charge on any atom is -0.350 e. The molecule has 1 aromatic heterocycles. The van der Waals surface area contributed by atoms with E-state index in [1.54, 1.807) is 0 Å². The maximum absolute atomic E-state index is 11.6. The first-order chi connectivity index (χ1) is 6.66. The first-order valence-electron chi connectivity index (χ1n) is 4.47. The van der Waals surface area contributed by atoms with E-state index in [1.165, 1.54) is 0 Å². The SMILES string of the molecule is CC(C)c1nnsc1C(=O)NCCN. The number of rotatable bonds is 4. The van der Waals surface area contributed by atoms with E-state index in [4.69, 9.17) is 5.73 Å². The number of nitrogens with zero attached hydrogens (tertiary/aromatic N) is 2. The van der Waals surface area contributed by atoms with Gasteiger partial charge in [0.05, 0.1) is 5.69 Å². The Balaban J connectivity index is 2.74. The van der Waals surface area contributed by atoms with Crippen molar-refractivity contribution in [2.75, 3.05) is 13.1 Å². The lowest BCUT2D eigenvalue weighted by Gasteiger charge is -2.04. The van der Waals surface area contributed by atoms with Crippen molar-refractivity contribution in [1.29, 1.82) is 0 Å². The van der Waals surface area contributed by atoms with E-state index >= 15 is 0 Å². The minimum absolute atomic E-state index is 0.130. The van der Waals surface area contributed by atoms with Crippen molar-refractivity contribution < 1.29 is 4.79 Å².